The Kier molecular flexibility index (Phi) is 6.49. The number of hydrogen-bond acceptors (Lipinski definition) is 3. The summed E-state index contributed by atoms with van der Waals surface area (Å²) < 4.78 is 1.87. The monoisotopic (exact) mass is 390 g/mol. The predicted molar refractivity (Wildman–Crippen MR) is 119 cm³/mol. The van der Waals surface area contributed by atoms with E-state index in [0.29, 0.717) is 12.5 Å². The lowest BCUT2D eigenvalue weighted by atomic mass is 10.0. The number of rotatable bonds is 7. The molecule has 3 aromatic rings. The van der Waals surface area contributed by atoms with Gasteiger partial charge in [-0.05, 0) is 50.1 Å². The standard InChI is InChI=1S/C24H30N4O/c1-17(2)21-13-11-20(12-14-21)15-27(5)16-23(29)25-24-18(3)26-28(19(24)4)22-9-7-6-8-10-22/h6-14,17H,15-16H2,1-5H3,(H,25,29). The molecule has 0 atom stereocenters. The minimum Gasteiger partial charge on any atom is -0.322 e. The van der Waals surface area contributed by atoms with Crippen molar-refractivity contribution in [3.63, 3.8) is 0 Å². The van der Waals surface area contributed by atoms with Gasteiger partial charge in [-0.3, -0.25) is 9.69 Å². The molecule has 152 valence electrons. The molecule has 0 radical (unpaired) electrons. The van der Waals surface area contributed by atoms with Crippen LogP contribution >= 0.6 is 0 Å². The number of aryl methyl sites for hydroxylation is 1. The maximum absolute atomic E-state index is 12.6. The van der Waals surface area contributed by atoms with Crippen LogP contribution in [0.2, 0.25) is 0 Å². The molecular formula is C24H30N4O. The number of carbonyl (C=O) groups excluding carboxylic acids is 1. The lowest BCUT2D eigenvalue weighted by molar-refractivity contribution is -0.117. The second-order valence-corrected chi connectivity index (χ2v) is 7.91. The molecule has 0 aliphatic carbocycles. The smallest absolute Gasteiger partial charge is 0.238 e. The van der Waals surface area contributed by atoms with Crippen LogP contribution in [0, 0.1) is 13.8 Å². The molecule has 29 heavy (non-hydrogen) atoms. The first-order valence-electron chi connectivity index (χ1n) is 10.0. The molecule has 5 nitrogen and oxygen atoms in total. The molecule has 5 heteroatoms. The molecule has 0 bridgehead atoms. The lowest BCUT2D eigenvalue weighted by Crippen LogP contribution is -2.30. The molecule has 1 heterocycles. The van der Waals surface area contributed by atoms with Gasteiger partial charge in [-0.1, -0.05) is 56.3 Å². The molecular weight excluding hydrogens is 360 g/mol. The molecule has 0 unspecified atom stereocenters. The highest BCUT2D eigenvalue weighted by atomic mass is 16.2. The van der Waals surface area contributed by atoms with E-state index in [4.69, 9.17) is 0 Å². The summed E-state index contributed by atoms with van der Waals surface area (Å²) in [5, 5.41) is 7.64. The molecule has 0 aliphatic rings. The summed E-state index contributed by atoms with van der Waals surface area (Å²) in [4.78, 5) is 14.6. The highest BCUT2D eigenvalue weighted by Crippen LogP contribution is 2.22. The van der Waals surface area contributed by atoms with Crippen LogP contribution < -0.4 is 5.32 Å². The number of benzene rings is 2. The van der Waals surface area contributed by atoms with Crippen molar-refractivity contribution in [2.24, 2.45) is 0 Å². The fraction of sp³-hybridized carbons (Fsp3) is 0.333. The summed E-state index contributed by atoms with van der Waals surface area (Å²) in [7, 11) is 1.96. The van der Waals surface area contributed by atoms with Crippen LogP contribution in [0.5, 0.6) is 0 Å². The molecule has 1 aromatic heterocycles. The van der Waals surface area contributed by atoms with Crippen LogP contribution in [0.1, 0.15) is 42.3 Å². The zero-order valence-electron chi connectivity index (χ0n) is 17.9. The third-order valence-electron chi connectivity index (χ3n) is 5.07. The predicted octanol–water partition coefficient (Wildman–Crippen LogP) is 4.68. The van der Waals surface area contributed by atoms with Crippen molar-refractivity contribution in [1.82, 2.24) is 14.7 Å². The number of likely N-dealkylation sites (N-methyl/N-ethyl adjacent to an activating group) is 1. The Balaban J connectivity index is 1.62. The number of nitrogens with zero attached hydrogens (tertiary/aromatic N) is 3. The summed E-state index contributed by atoms with van der Waals surface area (Å²) in [5.41, 5.74) is 6.04. The van der Waals surface area contributed by atoms with Crippen molar-refractivity contribution in [1.29, 1.82) is 0 Å². The Bertz CT molecular complexity index is 959. The van der Waals surface area contributed by atoms with Gasteiger partial charge in [0.15, 0.2) is 0 Å². The van der Waals surface area contributed by atoms with Gasteiger partial charge in [0.25, 0.3) is 0 Å². The fourth-order valence-corrected chi connectivity index (χ4v) is 3.44. The van der Waals surface area contributed by atoms with Gasteiger partial charge in [0.2, 0.25) is 5.91 Å². The minimum absolute atomic E-state index is 0.0369. The molecule has 0 aliphatic heterocycles. The molecule has 0 saturated heterocycles. The summed E-state index contributed by atoms with van der Waals surface area (Å²) in [6, 6.07) is 18.6. The lowest BCUT2D eigenvalue weighted by Gasteiger charge is -2.17. The highest BCUT2D eigenvalue weighted by molar-refractivity contribution is 5.93. The number of nitrogens with one attached hydrogen (secondary N) is 1. The van der Waals surface area contributed by atoms with Crippen molar-refractivity contribution in [3.8, 4) is 5.69 Å². The topological polar surface area (TPSA) is 50.2 Å². The van der Waals surface area contributed by atoms with Crippen LogP contribution in [0.3, 0.4) is 0 Å². The Hall–Kier alpha value is -2.92. The number of hydrogen-bond donors (Lipinski definition) is 1. The molecule has 0 fully saturated rings. The highest BCUT2D eigenvalue weighted by Gasteiger charge is 2.16. The van der Waals surface area contributed by atoms with E-state index in [9.17, 15) is 4.79 Å². The van der Waals surface area contributed by atoms with E-state index in [1.807, 2.05) is 60.8 Å². The Morgan fingerprint density at radius 3 is 2.34 bits per heavy atom. The van der Waals surface area contributed by atoms with Crippen LogP contribution in [-0.2, 0) is 11.3 Å². The largest absolute Gasteiger partial charge is 0.322 e. The Labute approximate surface area is 173 Å². The molecule has 0 saturated carbocycles. The average molecular weight is 391 g/mol. The second kappa shape index (κ2) is 9.05. The van der Waals surface area contributed by atoms with Gasteiger partial charge in [-0.25, -0.2) is 4.68 Å². The van der Waals surface area contributed by atoms with Crippen molar-refractivity contribution < 1.29 is 4.79 Å². The van der Waals surface area contributed by atoms with E-state index in [-0.39, 0.29) is 5.91 Å². The van der Waals surface area contributed by atoms with Crippen LogP contribution in [-0.4, -0.2) is 34.2 Å². The third-order valence-corrected chi connectivity index (χ3v) is 5.07. The van der Waals surface area contributed by atoms with E-state index in [1.165, 1.54) is 11.1 Å². The van der Waals surface area contributed by atoms with Gasteiger partial charge in [0.1, 0.15) is 0 Å². The normalized spacial score (nSPS) is 11.3. The number of carbonyl (C=O) groups is 1. The second-order valence-electron chi connectivity index (χ2n) is 7.91. The number of para-hydroxylation sites is 1. The summed E-state index contributed by atoms with van der Waals surface area (Å²) in [6.07, 6.45) is 0. The zero-order valence-corrected chi connectivity index (χ0v) is 17.9. The first-order valence-corrected chi connectivity index (χ1v) is 10.0. The Morgan fingerprint density at radius 2 is 1.72 bits per heavy atom. The molecule has 1 N–H and O–H groups in total. The number of anilines is 1. The van der Waals surface area contributed by atoms with Crippen molar-refractivity contribution in [3.05, 3.63) is 77.1 Å². The fourth-order valence-electron chi connectivity index (χ4n) is 3.44. The van der Waals surface area contributed by atoms with Gasteiger partial charge < -0.3 is 5.32 Å². The molecule has 1 amide bonds. The van der Waals surface area contributed by atoms with Crippen molar-refractivity contribution in [2.75, 3.05) is 18.9 Å². The van der Waals surface area contributed by atoms with E-state index in [0.717, 1.165) is 29.3 Å². The number of aromatic nitrogens is 2. The van der Waals surface area contributed by atoms with E-state index < -0.39 is 0 Å². The van der Waals surface area contributed by atoms with Gasteiger partial charge in [-0.15, -0.1) is 0 Å². The third kappa shape index (κ3) is 5.12. The summed E-state index contributed by atoms with van der Waals surface area (Å²) in [5.74, 6) is 0.487. The Morgan fingerprint density at radius 1 is 1.07 bits per heavy atom. The zero-order chi connectivity index (χ0) is 21.0. The average Bonchev–Trinajstić information content (AvgIpc) is 2.97. The van der Waals surface area contributed by atoms with Gasteiger partial charge in [0, 0.05) is 6.54 Å². The summed E-state index contributed by atoms with van der Waals surface area (Å²) in [6.45, 7) is 9.32. The first kappa shape index (κ1) is 20.8. The van der Waals surface area contributed by atoms with Gasteiger partial charge in [0.05, 0.1) is 29.3 Å². The quantitative estimate of drug-likeness (QED) is 0.637. The van der Waals surface area contributed by atoms with Crippen LogP contribution in [0.15, 0.2) is 54.6 Å². The number of amides is 1. The van der Waals surface area contributed by atoms with Crippen LogP contribution in [0.25, 0.3) is 5.69 Å². The molecule has 2 aromatic carbocycles. The molecule has 3 rings (SSSR count). The van der Waals surface area contributed by atoms with Gasteiger partial charge >= 0.3 is 0 Å². The minimum atomic E-state index is -0.0369. The van der Waals surface area contributed by atoms with Crippen molar-refractivity contribution in [2.45, 2.75) is 40.2 Å². The SMILES string of the molecule is Cc1nn(-c2ccccc2)c(C)c1NC(=O)CN(C)Cc1ccc(C(C)C)cc1. The maximum atomic E-state index is 12.6. The van der Waals surface area contributed by atoms with E-state index in [1.54, 1.807) is 0 Å². The van der Waals surface area contributed by atoms with Crippen LogP contribution in [0.4, 0.5) is 5.69 Å². The van der Waals surface area contributed by atoms with E-state index in [2.05, 4.69) is 48.5 Å². The maximum Gasteiger partial charge on any atom is 0.238 e. The van der Waals surface area contributed by atoms with Gasteiger partial charge in [-0.2, -0.15) is 5.10 Å². The summed E-state index contributed by atoms with van der Waals surface area (Å²) >= 11 is 0. The molecule has 0 spiro atoms. The van der Waals surface area contributed by atoms with E-state index >= 15 is 0 Å². The van der Waals surface area contributed by atoms with Crippen molar-refractivity contribution >= 4 is 11.6 Å². The first-order chi connectivity index (χ1) is 13.8.